The molecule has 2 unspecified atom stereocenters. The van der Waals surface area contributed by atoms with Crippen LogP contribution in [-0.4, -0.2) is 34.9 Å². The number of carbonyl (C=O) groups is 1. The Hall–Kier alpha value is -0.870. The highest BCUT2D eigenvalue weighted by Gasteiger charge is 2.17. The van der Waals surface area contributed by atoms with Crippen molar-refractivity contribution in [3.05, 3.63) is 12.2 Å². The zero-order valence-electron chi connectivity index (χ0n) is 18.6. The fraction of sp³-hybridized carbons (Fsp3) is 0.875. The average molecular weight is 398 g/mol. The van der Waals surface area contributed by atoms with Gasteiger partial charge in [0.25, 0.3) is 0 Å². The number of aliphatic hydroxyl groups excluding tert-OH is 2. The van der Waals surface area contributed by atoms with Crippen molar-refractivity contribution in [2.45, 2.75) is 129 Å². The number of nitrogens with one attached hydrogen (secondary N) is 1. The van der Waals surface area contributed by atoms with Crippen LogP contribution in [0.25, 0.3) is 0 Å². The van der Waals surface area contributed by atoms with Gasteiger partial charge in [0.15, 0.2) is 0 Å². The van der Waals surface area contributed by atoms with Crippen LogP contribution in [0, 0.1) is 0 Å². The smallest absolute Gasteiger partial charge is 0.220 e. The number of carbonyl (C=O) groups excluding carboxylic acids is 1. The Morgan fingerprint density at radius 1 is 0.821 bits per heavy atom. The highest BCUT2D eigenvalue weighted by molar-refractivity contribution is 5.76. The van der Waals surface area contributed by atoms with Gasteiger partial charge in [0.1, 0.15) is 0 Å². The molecule has 0 aromatic carbocycles. The van der Waals surface area contributed by atoms with Gasteiger partial charge in [0.2, 0.25) is 5.91 Å². The van der Waals surface area contributed by atoms with Crippen molar-refractivity contribution in [2.24, 2.45) is 0 Å². The Kier molecular flexibility index (Phi) is 20.2. The quantitative estimate of drug-likeness (QED) is 0.183. The van der Waals surface area contributed by atoms with Crippen LogP contribution in [0.15, 0.2) is 12.2 Å². The number of amides is 1. The Labute approximate surface area is 174 Å². The summed E-state index contributed by atoms with van der Waals surface area (Å²) in [6.07, 6.45) is 21.8. The second kappa shape index (κ2) is 20.9. The molecule has 0 rings (SSSR count). The zero-order chi connectivity index (χ0) is 20.9. The molecule has 3 N–H and O–H groups in total. The highest BCUT2D eigenvalue weighted by atomic mass is 16.3. The van der Waals surface area contributed by atoms with Gasteiger partial charge < -0.3 is 15.5 Å². The first kappa shape index (κ1) is 27.1. The third kappa shape index (κ3) is 17.2. The molecule has 0 aromatic heterocycles. The lowest BCUT2D eigenvalue weighted by molar-refractivity contribution is -0.123. The Morgan fingerprint density at radius 3 is 1.79 bits per heavy atom. The summed E-state index contributed by atoms with van der Waals surface area (Å²) >= 11 is 0. The predicted octanol–water partition coefficient (Wildman–Crippen LogP) is 5.66. The number of unbranched alkanes of at least 4 members (excludes halogenated alkanes) is 13. The molecule has 0 saturated carbocycles. The van der Waals surface area contributed by atoms with Gasteiger partial charge in [-0.05, 0) is 12.8 Å². The average Bonchev–Trinajstić information content (AvgIpc) is 2.69. The molecule has 4 nitrogen and oxygen atoms in total. The minimum absolute atomic E-state index is 0.0786. The summed E-state index contributed by atoms with van der Waals surface area (Å²) in [7, 11) is 0. The lowest BCUT2D eigenvalue weighted by Crippen LogP contribution is -2.45. The molecule has 4 heteroatoms. The van der Waals surface area contributed by atoms with E-state index in [1.807, 2.05) is 6.08 Å². The first-order valence-electron chi connectivity index (χ1n) is 11.9. The third-order valence-electron chi connectivity index (χ3n) is 5.25. The van der Waals surface area contributed by atoms with Gasteiger partial charge in [0.05, 0.1) is 18.8 Å². The molecule has 0 aliphatic heterocycles. The number of aliphatic hydroxyl groups is 2. The van der Waals surface area contributed by atoms with Crippen LogP contribution in [0.4, 0.5) is 0 Å². The van der Waals surface area contributed by atoms with E-state index in [-0.39, 0.29) is 12.5 Å². The molecule has 1 amide bonds. The van der Waals surface area contributed by atoms with Crippen molar-refractivity contribution in [3.63, 3.8) is 0 Å². The molecular weight excluding hydrogens is 350 g/mol. The molecule has 0 aliphatic carbocycles. The first-order chi connectivity index (χ1) is 13.7. The first-order valence-corrected chi connectivity index (χ1v) is 11.9. The van der Waals surface area contributed by atoms with Gasteiger partial charge >= 0.3 is 0 Å². The number of allylic oxidation sites excluding steroid dienone is 1. The minimum atomic E-state index is -0.827. The molecule has 0 bridgehead atoms. The Balaban J connectivity index is 3.55. The van der Waals surface area contributed by atoms with E-state index in [4.69, 9.17) is 0 Å². The monoisotopic (exact) mass is 397 g/mol. The van der Waals surface area contributed by atoms with E-state index >= 15 is 0 Å². The highest BCUT2D eigenvalue weighted by Crippen LogP contribution is 2.13. The lowest BCUT2D eigenvalue weighted by Gasteiger charge is -2.19. The van der Waals surface area contributed by atoms with Crippen LogP contribution in [0.2, 0.25) is 0 Å². The predicted molar refractivity (Wildman–Crippen MR) is 119 cm³/mol. The van der Waals surface area contributed by atoms with Gasteiger partial charge in [-0.25, -0.2) is 0 Å². The molecule has 0 heterocycles. The van der Waals surface area contributed by atoms with E-state index in [0.717, 1.165) is 25.7 Å². The SMILES string of the molecule is CCC/C=C/C(O)C(CO)NC(=O)CCCCCCCCCCCCCCC. The van der Waals surface area contributed by atoms with E-state index in [1.165, 1.54) is 70.6 Å². The van der Waals surface area contributed by atoms with Crippen LogP contribution >= 0.6 is 0 Å². The summed E-state index contributed by atoms with van der Waals surface area (Å²) in [6.45, 7) is 4.08. The van der Waals surface area contributed by atoms with E-state index in [0.29, 0.717) is 6.42 Å². The molecule has 0 saturated heterocycles. The topological polar surface area (TPSA) is 69.6 Å². The van der Waals surface area contributed by atoms with E-state index in [2.05, 4.69) is 19.2 Å². The lowest BCUT2D eigenvalue weighted by atomic mass is 10.0. The van der Waals surface area contributed by atoms with Crippen LogP contribution in [0.3, 0.4) is 0 Å². The summed E-state index contributed by atoms with van der Waals surface area (Å²) in [4.78, 5) is 12.0. The summed E-state index contributed by atoms with van der Waals surface area (Å²) in [5.74, 6) is -0.0786. The third-order valence-corrected chi connectivity index (χ3v) is 5.25. The summed E-state index contributed by atoms with van der Waals surface area (Å²) in [5, 5.41) is 22.1. The van der Waals surface area contributed by atoms with Gasteiger partial charge in [-0.3, -0.25) is 4.79 Å². The minimum Gasteiger partial charge on any atom is -0.394 e. The van der Waals surface area contributed by atoms with Crippen molar-refractivity contribution < 1.29 is 15.0 Å². The number of hydrogen-bond donors (Lipinski definition) is 3. The normalized spacial score (nSPS) is 13.7. The van der Waals surface area contributed by atoms with E-state index in [1.54, 1.807) is 6.08 Å². The molecule has 28 heavy (non-hydrogen) atoms. The van der Waals surface area contributed by atoms with Gasteiger partial charge in [-0.15, -0.1) is 0 Å². The van der Waals surface area contributed by atoms with Crippen molar-refractivity contribution >= 4 is 5.91 Å². The molecule has 0 spiro atoms. The molecule has 0 aliphatic rings. The van der Waals surface area contributed by atoms with Crippen LogP contribution in [-0.2, 0) is 4.79 Å². The van der Waals surface area contributed by atoms with Gasteiger partial charge in [-0.2, -0.15) is 0 Å². The standard InChI is InChI=1S/C24H47NO3/c1-3-5-7-8-9-10-11-12-13-14-15-16-18-20-24(28)25-22(21-26)23(27)19-17-6-4-2/h17,19,22-23,26-27H,3-16,18,20-21H2,1-2H3,(H,25,28)/b19-17+. The van der Waals surface area contributed by atoms with Crippen molar-refractivity contribution in [1.29, 1.82) is 0 Å². The van der Waals surface area contributed by atoms with Crippen LogP contribution < -0.4 is 5.32 Å². The second-order valence-corrected chi connectivity index (χ2v) is 8.06. The largest absolute Gasteiger partial charge is 0.394 e. The van der Waals surface area contributed by atoms with Crippen molar-refractivity contribution in [2.75, 3.05) is 6.61 Å². The van der Waals surface area contributed by atoms with Gasteiger partial charge in [-0.1, -0.05) is 109 Å². The van der Waals surface area contributed by atoms with Crippen molar-refractivity contribution in [3.8, 4) is 0 Å². The maximum atomic E-state index is 12.0. The summed E-state index contributed by atoms with van der Waals surface area (Å²) in [5.41, 5.74) is 0. The summed E-state index contributed by atoms with van der Waals surface area (Å²) < 4.78 is 0. The molecule has 166 valence electrons. The van der Waals surface area contributed by atoms with E-state index < -0.39 is 12.1 Å². The van der Waals surface area contributed by atoms with Gasteiger partial charge in [0, 0.05) is 6.42 Å². The molecule has 0 radical (unpaired) electrons. The number of rotatable bonds is 20. The maximum absolute atomic E-state index is 12.0. The fourth-order valence-electron chi connectivity index (χ4n) is 3.36. The Bertz CT molecular complexity index is 371. The fourth-order valence-corrected chi connectivity index (χ4v) is 3.36. The maximum Gasteiger partial charge on any atom is 0.220 e. The van der Waals surface area contributed by atoms with E-state index in [9.17, 15) is 15.0 Å². The molecule has 0 aromatic rings. The molecule has 2 atom stereocenters. The zero-order valence-corrected chi connectivity index (χ0v) is 18.6. The number of hydrogen-bond acceptors (Lipinski definition) is 3. The van der Waals surface area contributed by atoms with Crippen LogP contribution in [0.1, 0.15) is 117 Å². The second-order valence-electron chi connectivity index (χ2n) is 8.06. The Morgan fingerprint density at radius 2 is 1.32 bits per heavy atom. The van der Waals surface area contributed by atoms with Crippen LogP contribution in [0.5, 0.6) is 0 Å². The summed E-state index contributed by atoms with van der Waals surface area (Å²) in [6, 6.07) is -0.609. The molecular formula is C24H47NO3. The van der Waals surface area contributed by atoms with Crippen molar-refractivity contribution in [1.82, 2.24) is 5.32 Å². The molecule has 0 fully saturated rings.